The van der Waals surface area contributed by atoms with Gasteiger partial charge >= 0.3 is 0 Å². The van der Waals surface area contributed by atoms with Crippen LogP contribution in [0.2, 0.25) is 0 Å². The first-order valence-corrected chi connectivity index (χ1v) is 7.56. The van der Waals surface area contributed by atoms with E-state index in [9.17, 15) is 4.79 Å². The van der Waals surface area contributed by atoms with E-state index in [4.69, 9.17) is 0 Å². The Morgan fingerprint density at radius 1 is 1.30 bits per heavy atom. The minimum absolute atomic E-state index is 0.0986. The molecule has 1 aliphatic rings. The second kappa shape index (κ2) is 5.73. The van der Waals surface area contributed by atoms with Crippen LogP contribution in [-0.2, 0) is 0 Å². The van der Waals surface area contributed by atoms with Gasteiger partial charge < -0.3 is 4.90 Å². The largest absolute Gasteiger partial charge is 0.335 e. The highest BCUT2D eigenvalue weighted by Gasteiger charge is 2.29. The highest BCUT2D eigenvalue weighted by Crippen LogP contribution is 2.25. The van der Waals surface area contributed by atoms with Gasteiger partial charge in [0, 0.05) is 19.6 Å². The molecule has 3 rings (SSSR count). The highest BCUT2D eigenvalue weighted by atomic mass is 32.1. The fourth-order valence-electron chi connectivity index (χ4n) is 2.57. The SMILES string of the molecule is CN1CCN(C(=O)c2cncs2)CC1c1ccccc1. The van der Waals surface area contributed by atoms with Gasteiger partial charge in [-0.2, -0.15) is 0 Å². The second-order valence-corrected chi connectivity index (χ2v) is 5.91. The molecule has 1 fully saturated rings. The summed E-state index contributed by atoms with van der Waals surface area (Å²) in [6.07, 6.45) is 1.66. The van der Waals surface area contributed by atoms with E-state index in [1.807, 2.05) is 23.1 Å². The van der Waals surface area contributed by atoms with Crippen molar-refractivity contribution < 1.29 is 4.79 Å². The number of hydrogen-bond donors (Lipinski definition) is 0. The maximum atomic E-state index is 12.4. The van der Waals surface area contributed by atoms with Crippen LogP contribution in [0.25, 0.3) is 0 Å². The summed E-state index contributed by atoms with van der Waals surface area (Å²) < 4.78 is 0. The molecule has 1 amide bonds. The van der Waals surface area contributed by atoms with E-state index in [1.165, 1.54) is 16.9 Å². The lowest BCUT2D eigenvalue weighted by Crippen LogP contribution is -2.48. The summed E-state index contributed by atoms with van der Waals surface area (Å²) in [4.78, 5) is 21.4. The molecule has 1 atom stereocenters. The van der Waals surface area contributed by atoms with Gasteiger partial charge in [-0.25, -0.2) is 0 Å². The van der Waals surface area contributed by atoms with Crippen LogP contribution >= 0.6 is 11.3 Å². The van der Waals surface area contributed by atoms with Gasteiger partial charge in [0.2, 0.25) is 0 Å². The number of aromatic nitrogens is 1. The molecule has 5 heteroatoms. The Hall–Kier alpha value is -1.72. The van der Waals surface area contributed by atoms with E-state index >= 15 is 0 Å². The minimum atomic E-state index is 0.0986. The molecule has 1 saturated heterocycles. The van der Waals surface area contributed by atoms with Crippen molar-refractivity contribution in [2.75, 3.05) is 26.7 Å². The summed E-state index contributed by atoms with van der Waals surface area (Å²) in [6, 6.07) is 10.6. The summed E-state index contributed by atoms with van der Waals surface area (Å²) in [6.45, 7) is 2.40. The predicted molar refractivity (Wildman–Crippen MR) is 79.8 cm³/mol. The zero-order valence-electron chi connectivity index (χ0n) is 11.4. The summed E-state index contributed by atoms with van der Waals surface area (Å²) in [7, 11) is 2.12. The molecule has 0 N–H and O–H groups in total. The van der Waals surface area contributed by atoms with Crippen molar-refractivity contribution in [3.8, 4) is 0 Å². The molecular formula is C15H17N3OS. The van der Waals surface area contributed by atoms with E-state index in [1.54, 1.807) is 11.7 Å². The molecule has 0 aliphatic carbocycles. The third-order valence-corrected chi connectivity index (χ3v) is 4.52. The Bertz CT molecular complexity index is 570. The van der Waals surface area contributed by atoms with Gasteiger partial charge in [-0.05, 0) is 12.6 Å². The van der Waals surface area contributed by atoms with Crippen LogP contribution < -0.4 is 0 Å². The Morgan fingerprint density at radius 2 is 2.10 bits per heavy atom. The van der Waals surface area contributed by atoms with Crippen molar-refractivity contribution >= 4 is 17.2 Å². The lowest BCUT2D eigenvalue weighted by molar-refractivity contribution is 0.0550. The number of nitrogens with zero attached hydrogens (tertiary/aromatic N) is 3. The average molecular weight is 287 g/mol. The number of carbonyl (C=O) groups is 1. The van der Waals surface area contributed by atoms with Crippen LogP contribution in [0.15, 0.2) is 42.0 Å². The van der Waals surface area contributed by atoms with Crippen LogP contribution in [0.4, 0.5) is 0 Å². The van der Waals surface area contributed by atoms with Crippen molar-refractivity contribution in [2.24, 2.45) is 0 Å². The molecule has 1 unspecified atom stereocenters. The molecule has 4 nitrogen and oxygen atoms in total. The van der Waals surface area contributed by atoms with Gasteiger partial charge in [-0.1, -0.05) is 30.3 Å². The molecule has 0 spiro atoms. The standard InChI is InChI=1S/C15H17N3OS/c1-17-7-8-18(15(19)14-9-16-11-20-14)10-13(17)12-5-3-2-4-6-12/h2-6,9,11,13H,7-8,10H2,1H3. The van der Waals surface area contributed by atoms with Crippen molar-refractivity contribution in [1.29, 1.82) is 0 Å². The van der Waals surface area contributed by atoms with Gasteiger partial charge in [0.25, 0.3) is 5.91 Å². The number of piperazine rings is 1. The van der Waals surface area contributed by atoms with E-state index < -0.39 is 0 Å². The minimum Gasteiger partial charge on any atom is -0.335 e. The molecule has 1 aromatic heterocycles. The predicted octanol–water partition coefficient (Wildman–Crippen LogP) is 2.27. The third kappa shape index (κ3) is 2.59. The Balaban J connectivity index is 1.78. The van der Waals surface area contributed by atoms with Crippen LogP contribution in [0, 0.1) is 0 Å². The number of benzene rings is 1. The van der Waals surface area contributed by atoms with E-state index in [2.05, 4.69) is 29.1 Å². The fourth-order valence-corrected chi connectivity index (χ4v) is 3.16. The van der Waals surface area contributed by atoms with Crippen molar-refractivity contribution in [3.05, 3.63) is 52.5 Å². The smallest absolute Gasteiger partial charge is 0.265 e. The van der Waals surface area contributed by atoms with Gasteiger partial charge in [-0.15, -0.1) is 11.3 Å². The first-order chi connectivity index (χ1) is 9.75. The number of likely N-dealkylation sites (N-methyl/N-ethyl adjacent to an activating group) is 1. The average Bonchev–Trinajstić information content (AvgIpc) is 3.02. The Kier molecular flexibility index (Phi) is 3.80. The molecule has 20 heavy (non-hydrogen) atoms. The Morgan fingerprint density at radius 3 is 2.80 bits per heavy atom. The number of hydrogen-bond acceptors (Lipinski definition) is 4. The highest BCUT2D eigenvalue weighted by molar-refractivity contribution is 7.11. The maximum Gasteiger partial charge on any atom is 0.265 e. The summed E-state index contributed by atoms with van der Waals surface area (Å²) >= 11 is 1.41. The van der Waals surface area contributed by atoms with Crippen molar-refractivity contribution in [1.82, 2.24) is 14.8 Å². The maximum absolute atomic E-state index is 12.4. The fraction of sp³-hybridized carbons (Fsp3) is 0.333. The van der Waals surface area contributed by atoms with Gasteiger partial charge in [0.05, 0.1) is 17.7 Å². The lowest BCUT2D eigenvalue weighted by atomic mass is 10.0. The monoisotopic (exact) mass is 287 g/mol. The third-order valence-electron chi connectivity index (χ3n) is 3.76. The van der Waals surface area contributed by atoms with Crippen molar-refractivity contribution in [2.45, 2.75) is 6.04 Å². The zero-order chi connectivity index (χ0) is 13.9. The molecule has 2 heterocycles. The lowest BCUT2D eigenvalue weighted by Gasteiger charge is -2.39. The number of rotatable bonds is 2. The molecule has 2 aromatic rings. The number of amides is 1. The first-order valence-electron chi connectivity index (χ1n) is 6.68. The normalized spacial score (nSPS) is 20.1. The van der Waals surface area contributed by atoms with E-state index in [0.29, 0.717) is 0 Å². The second-order valence-electron chi connectivity index (χ2n) is 5.02. The molecule has 1 aromatic carbocycles. The van der Waals surface area contributed by atoms with Crippen LogP contribution in [0.5, 0.6) is 0 Å². The first kappa shape index (κ1) is 13.3. The quantitative estimate of drug-likeness (QED) is 0.850. The zero-order valence-corrected chi connectivity index (χ0v) is 12.2. The summed E-state index contributed by atoms with van der Waals surface area (Å²) in [5.41, 5.74) is 2.97. The summed E-state index contributed by atoms with van der Waals surface area (Å²) in [5, 5.41) is 0. The number of thiazole rings is 1. The van der Waals surface area contributed by atoms with Crippen molar-refractivity contribution in [3.63, 3.8) is 0 Å². The topological polar surface area (TPSA) is 36.4 Å². The van der Waals surface area contributed by atoms with E-state index in [0.717, 1.165) is 24.5 Å². The molecule has 1 aliphatic heterocycles. The van der Waals surface area contributed by atoms with E-state index in [-0.39, 0.29) is 11.9 Å². The Labute approximate surface area is 122 Å². The van der Waals surface area contributed by atoms with Crippen LogP contribution in [0.1, 0.15) is 21.3 Å². The molecule has 104 valence electrons. The molecular weight excluding hydrogens is 270 g/mol. The molecule has 0 radical (unpaired) electrons. The van der Waals surface area contributed by atoms with Crippen LogP contribution in [-0.4, -0.2) is 47.4 Å². The van der Waals surface area contributed by atoms with Gasteiger partial charge in [-0.3, -0.25) is 14.7 Å². The molecule has 0 saturated carbocycles. The number of carbonyl (C=O) groups excluding carboxylic acids is 1. The molecule has 0 bridgehead atoms. The van der Waals surface area contributed by atoms with Gasteiger partial charge in [0.15, 0.2) is 0 Å². The van der Waals surface area contributed by atoms with Gasteiger partial charge in [0.1, 0.15) is 4.88 Å². The van der Waals surface area contributed by atoms with Crippen LogP contribution in [0.3, 0.4) is 0 Å². The summed E-state index contributed by atoms with van der Waals surface area (Å²) in [5.74, 6) is 0.0986.